The molecule has 3 heteroatoms. The van der Waals surface area contributed by atoms with Crippen LogP contribution in [0.2, 0.25) is 0 Å². The van der Waals surface area contributed by atoms with Crippen LogP contribution in [-0.4, -0.2) is 19.5 Å². The number of hydrogen-bond donors (Lipinski definition) is 0. The summed E-state index contributed by atoms with van der Waals surface area (Å²) < 4.78 is 16.6. The summed E-state index contributed by atoms with van der Waals surface area (Å²) in [5, 5.41) is 0. The molecule has 1 aromatic rings. The van der Waals surface area contributed by atoms with Gasteiger partial charge in [-0.25, -0.2) is 0 Å². The lowest BCUT2D eigenvalue weighted by Gasteiger charge is -2.13. The van der Waals surface area contributed by atoms with Gasteiger partial charge in [0.1, 0.15) is 11.5 Å². The molecule has 1 aliphatic rings. The van der Waals surface area contributed by atoms with Crippen LogP contribution in [0, 0.1) is 5.92 Å². The molecule has 1 heterocycles. The average molecular weight is 222 g/mol. The van der Waals surface area contributed by atoms with Crippen molar-refractivity contribution < 1.29 is 14.2 Å². The second-order valence-corrected chi connectivity index (χ2v) is 4.13. The monoisotopic (exact) mass is 222 g/mol. The Hall–Kier alpha value is -1.22. The number of rotatable bonds is 4. The molecule has 0 bridgehead atoms. The standard InChI is InChI=1S/C13H18O3/c1-3-14-11-4-6-12(7-5-11)16-13-8-10(2)9-15-13/h4-7,10,13H,3,8-9H2,1-2H3/t10-,13?/m1/s1. The highest BCUT2D eigenvalue weighted by atomic mass is 16.7. The molecular formula is C13H18O3. The van der Waals surface area contributed by atoms with Gasteiger partial charge in [0.2, 0.25) is 0 Å². The van der Waals surface area contributed by atoms with Crippen LogP contribution in [-0.2, 0) is 4.74 Å². The Morgan fingerprint density at radius 1 is 1.25 bits per heavy atom. The summed E-state index contributed by atoms with van der Waals surface area (Å²) >= 11 is 0. The van der Waals surface area contributed by atoms with Crippen molar-refractivity contribution in [2.45, 2.75) is 26.6 Å². The molecular weight excluding hydrogens is 204 g/mol. The third-order valence-electron chi connectivity index (χ3n) is 2.56. The molecule has 0 saturated carbocycles. The van der Waals surface area contributed by atoms with E-state index in [0.29, 0.717) is 12.5 Å². The van der Waals surface area contributed by atoms with Crippen molar-refractivity contribution in [3.63, 3.8) is 0 Å². The Morgan fingerprint density at radius 3 is 2.50 bits per heavy atom. The molecule has 1 saturated heterocycles. The zero-order valence-electron chi connectivity index (χ0n) is 9.81. The Morgan fingerprint density at radius 2 is 1.94 bits per heavy atom. The molecule has 2 atom stereocenters. The lowest BCUT2D eigenvalue weighted by Crippen LogP contribution is -2.14. The number of benzene rings is 1. The first-order chi connectivity index (χ1) is 7.78. The summed E-state index contributed by atoms with van der Waals surface area (Å²) in [6.07, 6.45) is 0.876. The van der Waals surface area contributed by atoms with E-state index < -0.39 is 0 Å². The van der Waals surface area contributed by atoms with E-state index in [1.54, 1.807) is 0 Å². The van der Waals surface area contributed by atoms with Crippen LogP contribution in [0.4, 0.5) is 0 Å². The van der Waals surface area contributed by atoms with Crippen LogP contribution in [0.15, 0.2) is 24.3 Å². The molecule has 16 heavy (non-hydrogen) atoms. The van der Waals surface area contributed by atoms with E-state index in [1.165, 1.54) is 0 Å². The van der Waals surface area contributed by atoms with Gasteiger partial charge in [-0.2, -0.15) is 0 Å². The first kappa shape index (κ1) is 11.3. The van der Waals surface area contributed by atoms with Gasteiger partial charge >= 0.3 is 0 Å². The number of hydrogen-bond acceptors (Lipinski definition) is 3. The first-order valence-corrected chi connectivity index (χ1v) is 5.79. The van der Waals surface area contributed by atoms with Crippen LogP contribution in [0.3, 0.4) is 0 Å². The van der Waals surface area contributed by atoms with E-state index in [0.717, 1.165) is 24.5 Å². The summed E-state index contributed by atoms with van der Waals surface area (Å²) in [5.74, 6) is 2.30. The van der Waals surface area contributed by atoms with Gasteiger partial charge in [-0.05, 0) is 37.1 Å². The van der Waals surface area contributed by atoms with Crippen molar-refractivity contribution in [3.8, 4) is 11.5 Å². The van der Waals surface area contributed by atoms with Gasteiger partial charge in [-0.1, -0.05) is 6.92 Å². The van der Waals surface area contributed by atoms with Crippen LogP contribution in [0.1, 0.15) is 20.3 Å². The second-order valence-electron chi connectivity index (χ2n) is 4.13. The predicted octanol–water partition coefficient (Wildman–Crippen LogP) is 2.85. The molecule has 3 nitrogen and oxygen atoms in total. The van der Waals surface area contributed by atoms with Gasteiger partial charge in [0.25, 0.3) is 0 Å². The molecule has 1 unspecified atom stereocenters. The highest BCUT2D eigenvalue weighted by Crippen LogP contribution is 2.24. The number of ether oxygens (including phenoxy) is 3. The summed E-state index contributed by atoms with van der Waals surface area (Å²) in [6, 6.07) is 7.66. The van der Waals surface area contributed by atoms with Crippen LogP contribution < -0.4 is 9.47 Å². The predicted molar refractivity (Wildman–Crippen MR) is 61.8 cm³/mol. The summed E-state index contributed by atoms with van der Waals surface area (Å²) in [5.41, 5.74) is 0. The molecule has 0 spiro atoms. The molecule has 1 fully saturated rings. The maximum Gasteiger partial charge on any atom is 0.200 e. The normalized spacial score (nSPS) is 24.4. The van der Waals surface area contributed by atoms with E-state index in [-0.39, 0.29) is 6.29 Å². The minimum Gasteiger partial charge on any atom is -0.494 e. The summed E-state index contributed by atoms with van der Waals surface area (Å²) in [6.45, 7) is 5.62. The van der Waals surface area contributed by atoms with Crippen molar-refractivity contribution >= 4 is 0 Å². The van der Waals surface area contributed by atoms with Crippen molar-refractivity contribution in [1.29, 1.82) is 0 Å². The maximum atomic E-state index is 5.70. The Kier molecular flexibility index (Phi) is 3.67. The fourth-order valence-corrected chi connectivity index (χ4v) is 1.75. The Bertz CT molecular complexity index is 320. The van der Waals surface area contributed by atoms with E-state index in [4.69, 9.17) is 14.2 Å². The lowest BCUT2D eigenvalue weighted by atomic mass is 10.1. The van der Waals surface area contributed by atoms with E-state index in [1.807, 2.05) is 31.2 Å². The summed E-state index contributed by atoms with van der Waals surface area (Å²) in [4.78, 5) is 0. The first-order valence-electron chi connectivity index (χ1n) is 5.79. The molecule has 0 N–H and O–H groups in total. The topological polar surface area (TPSA) is 27.7 Å². The highest BCUT2D eigenvalue weighted by Gasteiger charge is 2.23. The highest BCUT2D eigenvalue weighted by molar-refractivity contribution is 5.31. The van der Waals surface area contributed by atoms with Crippen LogP contribution in [0.5, 0.6) is 11.5 Å². The molecule has 0 aromatic heterocycles. The van der Waals surface area contributed by atoms with E-state index >= 15 is 0 Å². The van der Waals surface area contributed by atoms with Crippen molar-refractivity contribution in [2.75, 3.05) is 13.2 Å². The van der Waals surface area contributed by atoms with Gasteiger partial charge in [-0.15, -0.1) is 0 Å². The second kappa shape index (κ2) is 5.21. The van der Waals surface area contributed by atoms with Crippen molar-refractivity contribution in [1.82, 2.24) is 0 Å². The molecule has 0 amide bonds. The fourth-order valence-electron chi connectivity index (χ4n) is 1.75. The molecule has 0 aliphatic carbocycles. The molecule has 1 aromatic carbocycles. The van der Waals surface area contributed by atoms with E-state index in [2.05, 4.69) is 6.92 Å². The Balaban J connectivity index is 1.89. The quantitative estimate of drug-likeness (QED) is 0.784. The van der Waals surface area contributed by atoms with E-state index in [9.17, 15) is 0 Å². The van der Waals surface area contributed by atoms with Gasteiger partial charge in [0.05, 0.1) is 13.2 Å². The SMILES string of the molecule is CCOc1ccc(OC2C[C@@H](C)CO2)cc1. The van der Waals surface area contributed by atoms with Crippen LogP contribution in [0.25, 0.3) is 0 Å². The largest absolute Gasteiger partial charge is 0.494 e. The van der Waals surface area contributed by atoms with Gasteiger partial charge in [0, 0.05) is 6.42 Å². The van der Waals surface area contributed by atoms with Gasteiger partial charge in [0.15, 0.2) is 6.29 Å². The maximum absolute atomic E-state index is 5.70. The van der Waals surface area contributed by atoms with Crippen molar-refractivity contribution in [2.24, 2.45) is 5.92 Å². The third kappa shape index (κ3) is 2.89. The molecule has 0 radical (unpaired) electrons. The van der Waals surface area contributed by atoms with Gasteiger partial charge < -0.3 is 14.2 Å². The smallest absolute Gasteiger partial charge is 0.200 e. The Labute approximate surface area is 96.3 Å². The molecule has 2 rings (SSSR count). The fraction of sp³-hybridized carbons (Fsp3) is 0.538. The third-order valence-corrected chi connectivity index (χ3v) is 2.56. The zero-order chi connectivity index (χ0) is 11.4. The minimum atomic E-state index is -0.0899. The average Bonchev–Trinajstić information content (AvgIpc) is 2.67. The van der Waals surface area contributed by atoms with Crippen LogP contribution >= 0.6 is 0 Å². The van der Waals surface area contributed by atoms with Crippen molar-refractivity contribution in [3.05, 3.63) is 24.3 Å². The summed E-state index contributed by atoms with van der Waals surface area (Å²) in [7, 11) is 0. The molecule has 88 valence electrons. The zero-order valence-corrected chi connectivity index (χ0v) is 9.81. The minimum absolute atomic E-state index is 0.0899. The van der Waals surface area contributed by atoms with Gasteiger partial charge in [-0.3, -0.25) is 0 Å². The lowest BCUT2D eigenvalue weighted by molar-refractivity contribution is -0.0393. The molecule has 1 aliphatic heterocycles.